The molecule has 0 aliphatic heterocycles. The van der Waals surface area contributed by atoms with E-state index in [2.05, 4.69) is 25.0 Å². The molecule has 0 bridgehead atoms. The summed E-state index contributed by atoms with van der Waals surface area (Å²) in [5.74, 6) is 0. The minimum absolute atomic E-state index is 1.09. The number of hydrogen-bond acceptors (Lipinski definition) is 1. The van der Waals surface area contributed by atoms with Gasteiger partial charge < -0.3 is 4.90 Å². The molecule has 0 atom stereocenters. The summed E-state index contributed by atoms with van der Waals surface area (Å²) in [6, 6.07) is 0. The smallest absolute Gasteiger partial charge is 0.00158 e. The average Bonchev–Trinajstić information content (AvgIpc) is 2.05. The van der Waals surface area contributed by atoms with Crippen molar-refractivity contribution in [2.75, 3.05) is 19.6 Å². The second-order valence-corrected chi connectivity index (χ2v) is 2.59. The van der Waals surface area contributed by atoms with Crippen molar-refractivity contribution < 1.29 is 0 Å². The lowest BCUT2D eigenvalue weighted by atomic mass is 10.3. The topological polar surface area (TPSA) is 3.24 Å². The summed E-state index contributed by atoms with van der Waals surface area (Å²) in [4.78, 5) is 2.41. The van der Waals surface area contributed by atoms with Crippen LogP contribution in [0.15, 0.2) is 25.3 Å². The molecule has 0 unspecified atom stereocenters. The summed E-state index contributed by atoms with van der Waals surface area (Å²) in [5.41, 5.74) is 0. The maximum Gasteiger partial charge on any atom is 0.00158 e. The normalized spacial score (nSPS) is 10.0. The van der Waals surface area contributed by atoms with Gasteiger partial charge >= 0.3 is 0 Å². The Balaban J connectivity index is 3.39. The highest BCUT2D eigenvalue weighted by Crippen LogP contribution is 1.94. The van der Waals surface area contributed by atoms with E-state index in [1.165, 1.54) is 0 Å². The molecule has 0 amide bonds. The van der Waals surface area contributed by atoms with E-state index in [-0.39, 0.29) is 0 Å². The fraction of sp³-hybridized carbons (Fsp3) is 0.600. The molecule has 0 aromatic rings. The zero-order valence-corrected chi connectivity index (χ0v) is 7.55. The fourth-order valence-electron chi connectivity index (χ4n) is 0.976. The fourth-order valence-corrected chi connectivity index (χ4v) is 0.976. The molecule has 0 saturated carbocycles. The van der Waals surface area contributed by atoms with Crippen LogP contribution in [0.25, 0.3) is 0 Å². The van der Waals surface area contributed by atoms with E-state index in [0.29, 0.717) is 0 Å². The monoisotopic (exact) mass is 153 g/mol. The van der Waals surface area contributed by atoms with E-state index < -0.39 is 0 Å². The summed E-state index contributed by atoms with van der Waals surface area (Å²) in [6.07, 6.45) is 6.11. The molecule has 0 aromatic heterocycles. The zero-order valence-electron chi connectivity index (χ0n) is 7.55. The molecule has 0 saturated heterocycles. The Morgan fingerprint density at radius 3 is 1.82 bits per heavy atom. The minimum Gasteiger partial charge on any atom is -0.303 e. The van der Waals surface area contributed by atoms with Crippen molar-refractivity contribution in [3.05, 3.63) is 25.3 Å². The molecule has 0 aliphatic carbocycles. The van der Waals surface area contributed by atoms with E-state index in [4.69, 9.17) is 0 Å². The van der Waals surface area contributed by atoms with E-state index in [1.54, 1.807) is 0 Å². The first-order chi connectivity index (χ1) is 5.35. The molecule has 64 valence electrons. The van der Waals surface area contributed by atoms with Gasteiger partial charge in [0.15, 0.2) is 0 Å². The van der Waals surface area contributed by atoms with Crippen molar-refractivity contribution >= 4 is 0 Å². The van der Waals surface area contributed by atoms with Gasteiger partial charge in [-0.1, -0.05) is 19.1 Å². The Labute approximate surface area is 70.4 Å². The second kappa shape index (κ2) is 7.55. The molecule has 0 fully saturated rings. The van der Waals surface area contributed by atoms with Crippen LogP contribution in [0, 0.1) is 0 Å². The Bertz CT molecular complexity index is 95.4. The molecule has 1 nitrogen and oxygen atoms in total. The quantitative estimate of drug-likeness (QED) is 0.508. The Hall–Kier alpha value is -0.560. The molecular formula is C10H19N. The second-order valence-electron chi connectivity index (χ2n) is 2.59. The van der Waals surface area contributed by atoms with Crippen molar-refractivity contribution in [2.24, 2.45) is 0 Å². The van der Waals surface area contributed by atoms with E-state index >= 15 is 0 Å². The van der Waals surface area contributed by atoms with Gasteiger partial charge in [-0.3, -0.25) is 0 Å². The number of nitrogens with zero attached hydrogens (tertiary/aromatic N) is 1. The Morgan fingerprint density at radius 1 is 1.09 bits per heavy atom. The first-order valence-electron chi connectivity index (χ1n) is 4.29. The molecule has 0 N–H and O–H groups in total. The summed E-state index contributed by atoms with van der Waals surface area (Å²) < 4.78 is 0. The molecule has 0 rings (SSSR count). The van der Waals surface area contributed by atoms with E-state index in [9.17, 15) is 0 Å². The first-order valence-corrected chi connectivity index (χ1v) is 4.29. The Morgan fingerprint density at radius 2 is 1.55 bits per heavy atom. The average molecular weight is 153 g/mol. The van der Waals surface area contributed by atoms with Gasteiger partial charge in [-0.15, -0.1) is 13.2 Å². The van der Waals surface area contributed by atoms with Crippen molar-refractivity contribution in [1.82, 2.24) is 4.90 Å². The molecule has 0 heterocycles. The molecule has 0 spiro atoms. The van der Waals surface area contributed by atoms with Crippen LogP contribution in [0.1, 0.15) is 19.8 Å². The van der Waals surface area contributed by atoms with Gasteiger partial charge in [0.2, 0.25) is 0 Å². The van der Waals surface area contributed by atoms with Gasteiger partial charge in [-0.2, -0.15) is 0 Å². The summed E-state index contributed by atoms with van der Waals surface area (Å²) in [5, 5.41) is 0. The standard InChI is InChI=1S/C10H19N/c1-4-7-9-11(6-3)10-8-5-2/h4-5H,1-2,6-10H2,3H3. The lowest BCUT2D eigenvalue weighted by Crippen LogP contribution is -2.24. The van der Waals surface area contributed by atoms with Gasteiger partial charge in [0, 0.05) is 13.1 Å². The van der Waals surface area contributed by atoms with Crippen LogP contribution in [0.3, 0.4) is 0 Å². The summed E-state index contributed by atoms with van der Waals surface area (Å²) in [7, 11) is 0. The third kappa shape index (κ3) is 5.86. The van der Waals surface area contributed by atoms with Crippen molar-refractivity contribution in [1.29, 1.82) is 0 Å². The van der Waals surface area contributed by atoms with E-state index in [0.717, 1.165) is 32.5 Å². The van der Waals surface area contributed by atoms with Crippen LogP contribution in [-0.4, -0.2) is 24.5 Å². The van der Waals surface area contributed by atoms with E-state index in [1.807, 2.05) is 12.2 Å². The van der Waals surface area contributed by atoms with Crippen LogP contribution < -0.4 is 0 Å². The largest absolute Gasteiger partial charge is 0.303 e. The maximum atomic E-state index is 3.70. The van der Waals surface area contributed by atoms with Gasteiger partial charge in [-0.05, 0) is 19.4 Å². The predicted octanol–water partition coefficient (Wildman–Crippen LogP) is 2.46. The highest BCUT2D eigenvalue weighted by molar-refractivity contribution is 4.72. The maximum absolute atomic E-state index is 3.70. The third-order valence-electron chi connectivity index (χ3n) is 1.75. The molecular weight excluding hydrogens is 134 g/mol. The Kier molecular flexibility index (Phi) is 7.16. The van der Waals surface area contributed by atoms with Crippen molar-refractivity contribution in [3.63, 3.8) is 0 Å². The van der Waals surface area contributed by atoms with Crippen LogP contribution in [0.4, 0.5) is 0 Å². The SMILES string of the molecule is C=CCCN(CC)CCC=C. The van der Waals surface area contributed by atoms with Crippen LogP contribution in [0.5, 0.6) is 0 Å². The molecule has 1 heteroatoms. The molecule has 11 heavy (non-hydrogen) atoms. The van der Waals surface area contributed by atoms with Crippen molar-refractivity contribution in [3.8, 4) is 0 Å². The number of hydrogen-bond donors (Lipinski definition) is 0. The highest BCUT2D eigenvalue weighted by atomic mass is 15.1. The molecule has 0 aliphatic rings. The molecule has 0 radical (unpaired) electrons. The van der Waals surface area contributed by atoms with Gasteiger partial charge in [-0.25, -0.2) is 0 Å². The first kappa shape index (κ1) is 10.4. The van der Waals surface area contributed by atoms with Gasteiger partial charge in [0.25, 0.3) is 0 Å². The minimum atomic E-state index is 1.09. The molecule has 0 aromatic carbocycles. The van der Waals surface area contributed by atoms with Crippen molar-refractivity contribution in [2.45, 2.75) is 19.8 Å². The van der Waals surface area contributed by atoms with Crippen LogP contribution in [0.2, 0.25) is 0 Å². The summed E-state index contributed by atoms with van der Waals surface area (Å²) >= 11 is 0. The van der Waals surface area contributed by atoms with Gasteiger partial charge in [0.1, 0.15) is 0 Å². The van der Waals surface area contributed by atoms with Crippen LogP contribution in [-0.2, 0) is 0 Å². The van der Waals surface area contributed by atoms with Gasteiger partial charge in [0.05, 0.1) is 0 Å². The lowest BCUT2D eigenvalue weighted by Gasteiger charge is -2.17. The zero-order chi connectivity index (χ0) is 8.53. The third-order valence-corrected chi connectivity index (χ3v) is 1.75. The lowest BCUT2D eigenvalue weighted by molar-refractivity contribution is 0.300. The van der Waals surface area contributed by atoms with Crippen LogP contribution >= 0.6 is 0 Å². The highest BCUT2D eigenvalue weighted by Gasteiger charge is 1.97. The number of rotatable bonds is 7. The predicted molar refractivity (Wildman–Crippen MR) is 51.7 cm³/mol. The summed E-state index contributed by atoms with van der Waals surface area (Å²) in [6.45, 7) is 13.0.